The Morgan fingerprint density at radius 2 is 1.47 bits per heavy atom. The first-order chi connectivity index (χ1) is 17.1. The topological polar surface area (TPSA) is 24.9 Å². The van der Waals surface area contributed by atoms with Crippen LogP contribution in [0.2, 0.25) is 0 Å². The zero-order chi connectivity index (χ0) is 25.5. The second-order valence-corrected chi connectivity index (χ2v) is 11.2. The Labute approximate surface area is 214 Å². The number of methoxy groups -OCH3 is 1. The lowest BCUT2D eigenvalue weighted by atomic mass is 9.75. The molecule has 3 heterocycles. The van der Waals surface area contributed by atoms with E-state index in [0.717, 1.165) is 22.6 Å². The van der Waals surface area contributed by atoms with Gasteiger partial charge in [-0.1, -0.05) is 62.4 Å². The Balaban J connectivity index is 1.61. The van der Waals surface area contributed by atoms with Crippen molar-refractivity contribution in [3.05, 3.63) is 101 Å². The fourth-order valence-corrected chi connectivity index (χ4v) is 6.57. The lowest BCUT2D eigenvalue weighted by molar-refractivity contribution is 0.0546. The fraction of sp³-hybridized carbons (Fsp3) is 0.312. The monoisotopic (exact) mass is 478 g/mol. The molecular weight excluding hydrogens is 444 g/mol. The van der Waals surface area contributed by atoms with Crippen molar-refractivity contribution in [1.82, 2.24) is 0 Å². The van der Waals surface area contributed by atoms with Gasteiger partial charge in [0.05, 0.1) is 12.5 Å². The minimum absolute atomic E-state index is 0.128. The molecule has 0 bridgehead atoms. The van der Waals surface area contributed by atoms with E-state index in [-0.39, 0.29) is 10.8 Å². The van der Waals surface area contributed by atoms with Gasteiger partial charge < -0.3 is 19.3 Å². The number of ether oxygens (including phenoxy) is 2. The van der Waals surface area contributed by atoms with Crippen LogP contribution >= 0.6 is 0 Å². The van der Waals surface area contributed by atoms with Gasteiger partial charge in [-0.15, -0.1) is 0 Å². The Morgan fingerprint density at radius 3 is 2.14 bits per heavy atom. The van der Waals surface area contributed by atoms with Crippen LogP contribution in [0.3, 0.4) is 0 Å². The molecule has 0 N–H and O–H groups in total. The van der Waals surface area contributed by atoms with Crippen LogP contribution in [0.5, 0.6) is 11.5 Å². The number of benzene rings is 3. The number of nitrogens with zero attached hydrogens (tertiary/aromatic N) is 2. The summed E-state index contributed by atoms with van der Waals surface area (Å²) in [5.74, 6) is 1.54. The first kappa shape index (κ1) is 22.8. The van der Waals surface area contributed by atoms with E-state index < -0.39 is 5.72 Å². The van der Waals surface area contributed by atoms with Crippen LogP contribution in [0.4, 0.5) is 11.4 Å². The molecule has 3 aliphatic heterocycles. The predicted octanol–water partition coefficient (Wildman–Crippen LogP) is 6.91. The molecule has 3 aliphatic rings. The average Bonchev–Trinajstić information content (AvgIpc) is 3.17. The van der Waals surface area contributed by atoms with Gasteiger partial charge in [0.1, 0.15) is 0 Å². The van der Waals surface area contributed by atoms with E-state index in [1.165, 1.54) is 28.2 Å². The van der Waals surface area contributed by atoms with Crippen LogP contribution in [0.1, 0.15) is 44.4 Å². The van der Waals surface area contributed by atoms with Crippen molar-refractivity contribution in [2.45, 2.75) is 44.2 Å². The Morgan fingerprint density at radius 1 is 0.806 bits per heavy atom. The molecule has 0 aliphatic carbocycles. The molecule has 0 radical (unpaired) electrons. The molecule has 0 saturated heterocycles. The molecule has 4 nitrogen and oxygen atoms in total. The third kappa shape index (κ3) is 2.76. The highest BCUT2D eigenvalue weighted by molar-refractivity contribution is 5.87. The minimum atomic E-state index is -0.709. The maximum Gasteiger partial charge on any atom is 0.212 e. The molecule has 1 spiro atoms. The number of fused-ring (bicyclic) bond motifs is 3. The highest BCUT2D eigenvalue weighted by Gasteiger charge is 2.58. The third-order valence-corrected chi connectivity index (χ3v) is 8.68. The number of allylic oxidation sites excluding steroid dienone is 3. The molecule has 1 atom stereocenters. The smallest absolute Gasteiger partial charge is 0.212 e. The lowest BCUT2D eigenvalue weighted by Crippen LogP contribution is -2.58. The molecule has 4 heteroatoms. The van der Waals surface area contributed by atoms with Crippen LogP contribution < -0.4 is 19.3 Å². The SMILES string of the molecule is COc1cccc2c1O[C@]1(C=C2/C=C2\N(C)c3ccccc3C2(C)C)N(C)c2ccccc2C1(C)C. The normalized spacial score (nSPS) is 23.8. The summed E-state index contributed by atoms with van der Waals surface area (Å²) in [7, 11) is 6.02. The maximum atomic E-state index is 7.03. The number of rotatable bonds is 2. The number of anilines is 2. The molecule has 0 aromatic heterocycles. The average molecular weight is 479 g/mol. The van der Waals surface area contributed by atoms with E-state index in [2.05, 4.69) is 118 Å². The first-order valence-electron chi connectivity index (χ1n) is 12.6. The predicted molar refractivity (Wildman–Crippen MR) is 148 cm³/mol. The minimum Gasteiger partial charge on any atom is -0.493 e. The number of hydrogen-bond acceptors (Lipinski definition) is 4. The zero-order valence-electron chi connectivity index (χ0n) is 22.2. The zero-order valence-corrected chi connectivity index (χ0v) is 22.2. The molecule has 184 valence electrons. The van der Waals surface area contributed by atoms with Crippen molar-refractivity contribution in [1.29, 1.82) is 0 Å². The summed E-state index contributed by atoms with van der Waals surface area (Å²) in [5, 5.41) is 0. The molecule has 36 heavy (non-hydrogen) atoms. The van der Waals surface area contributed by atoms with Crippen molar-refractivity contribution in [3.8, 4) is 11.5 Å². The van der Waals surface area contributed by atoms with Crippen molar-refractivity contribution >= 4 is 16.9 Å². The maximum absolute atomic E-state index is 7.03. The summed E-state index contributed by atoms with van der Waals surface area (Å²) in [5.41, 5.74) is 7.38. The van der Waals surface area contributed by atoms with Crippen LogP contribution in [-0.4, -0.2) is 26.9 Å². The summed E-state index contributed by atoms with van der Waals surface area (Å²) in [6, 6.07) is 23.5. The molecule has 0 amide bonds. The molecular formula is C32H34N2O2. The summed E-state index contributed by atoms with van der Waals surface area (Å²) in [6.07, 6.45) is 4.68. The fourth-order valence-electron chi connectivity index (χ4n) is 6.57. The molecule has 0 unspecified atom stereocenters. The summed E-state index contributed by atoms with van der Waals surface area (Å²) >= 11 is 0. The Bertz CT molecular complexity index is 1450. The molecule has 3 aromatic carbocycles. The van der Waals surface area contributed by atoms with Crippen molar-refractivity contribution in [3.63, 3.8) is 0 Å². The van der Waals surface area contributed by atoms with Gasteiger partial charge in [0.25, 0.3) is 0 Å². The van der Waals surface area contributed by atoms with Gasteiger partial charge >= 0.3 is 0 Å². The van der Waals surface area contributed by atoms with E-state index >= 15 is 0 Å². The number of hydrogen-bond donors (Lipinski definition) is 0. The van der Waals surface area contributed by atoms with Gasteiger partial charge in [-0.2, -0.15) is 0 Å². The van der Waals surface area contributed by atoms with Gasteiger partial charge in [-0.3, -0.25) is 0 Å². The van der Waals surface area contributed by atoms with Gasteiger partial charge in [-0.05, 0) is 60.9 Å². The lowest BCUT2D eigenvalue weighted by Gasteiger charge is -2.47. The van der Waals surface area contributed by atoms with E-state index in [1.807, 2.05) is 12.1 Å². The highest BCUT2D eigenvalue weighted by atomic mass is 16.5. The van der Waals surface area contributed by atoms with E-state index in [0.29, 0.717) is 0 Å². The third-order valence-electron chi connectivity index (χ3n) is 8.68. The van der Waals surface area contributed by atoms with Crippen LogP contribution in [0, 0.1) is 0 Å². The van der Waals surface area contributed by atoms with Crippen molar-refractivity contribution < 1.29 is 9.47 Å². The summed E-state index contributed by atoms with van der Waals surface area (Å²) < 4.78 is 12.9. The quantitative estimate of drug-likeness (QED) is 0.400. The Kier molecular flexibility index (Phi) is 4.70. The second-order valence-electron chi connectivity index (χ2n) is 11.2. The van der Waals surface area contributed by atoms with Gasteiger partial charge in [0.2, 0.25) is 5.72 Å². The highest BCUT2D eigenvalue weighted by Crippen LogP contribution is 2.57. The summed E-state index contributed by atoms with van der Waals surface area (Å²) in [4.78, 5) is 4.62. The molecule has 6 rings (SSSR count). The van der Waals surface area contributed by atoms with Crippen LogP contribution in [0.15, 0.2) is 84.6 Å². The first-order valence-corrected chi connectivity index (χ1v) is 12.6. The number of likely N-dealkylation sites (N-methyl/N-ethyl adjacent to an activating group) is 2. The van der Waals surface area contributed by atoms with Crippen molar-refractivity contribution in [2.24, 2.45) is 0 Å². The van der Waals surface area contributed by atoms with E-state index in [1.54, 1.807) is 7.11 Å². The van der Waals surface area contributed by atoms with E-state index in [4.69, 9.17) is 9.47 Å². The van der Waals surface area contributed by atoms with Gasteiger partial charge in [0.15, 0.2) is 11.5 Å². The van der Waals surface area contributed by atoms with Crippen molar-refractivity contribution in [2.75, 3.05) is 31.0 Å². The van der Waals surface area contributed by atoms with Crippen LogP contribution in [0.25, 0.3) is 5.57 Å². The standard InChI is InChI=1S/C32H34N2O2/c1-30(2)23-14-8-10-16-25(23)33(5)28(30)19-21-20-32(36-29-22(21)13-12-18-27(29)35-7)31(3,4)24-15-9-11-17-26(24)34(32)6/h8-20H,1-7H3/b28-19-/t32-/m0/s1. The van der Waals surface area contributed by atoms with Crippen LogP contribution in [-0.2, 0) is 10.8 Å². The van der Waals surface area contributed by atoms with E-state index in [9.17, 15) is 0 Å². The molecule has 3 aromatic rings. The van der Waals surface area contributed by atoms with Gasteiger partial charge in [-0.25, -0.2) is 0 Å². The number of para-hydroxylation sites is 3. The summed E-state index contributed by atoms with van der Waals surface area (Å²) in [6.45, 7) is 9.17. The Hall–Kier alpha value is -3.66. The van der Waals surface area contributed by atoms with Gasteiger partial charge in [0, 0.05) is 42.1 Å². The largest absolute Gasteiger partial charge is 0.493 e. The molecule has 0 fully saturated rings. The molecule has 0 saturated carbocycles. The second kappa shape index (κ2) is 7.42.